The van der Waals surface area contributed by atoms with Crippen LogP contribution in [0.5, 0.6) is 11.5 Å². The number of hydrogen-bond acceptors (Lipinski definition) is 4. The fraction of sp³-hybridized carbons (Fsp3) is 0.471. The van der Waals surface area contributed by atoms with Gasteiger partial charge in [0.2, 0.25) is 0 Å². The van der Waals surface area contributed by atoms with Crippen molar-refractivity contribution in [2.75, 3.05) is 26.4 Å². The van der Waals surface area contributed by atoms with Gasteiger partial charge in [-0.25, -0.2) is 0 Å². The van der Waals surface area contributed by atoms with Crippen LogP contribution in [0.25, 0.3) is 0 Å². The second-order valence-electron chi connectivity index (χ2n) is 6.55. The molecule has 2 aliphatic rings. The first kappa shape index (κ1) is 53.3. The van der Waals surface area contributed by atoms with Crippen molar-refractivity contribution in [2.24, 2.45) is 0 Å². The molecule has 2 fully saturated rings. The van der Waals surface area contributed by atoms with Gasteiger partial charge in [0.05, 0.1) is 13.2 Å². The molecule has 2 unspecified atom stereocenters. The van der Waals surface area contributed by atoms with Crippen molar-refractivity contribution in [2.45, 2.75) is 81.4 Å². The van der Waals surface area contributed by atoms with Crippen LogP contribution >= 0.6 is 0 Å². The first-order chi connectivity index (χ1) is 16.7. The zero-order valence-corrected chi connectivity index (χ0v) is 26.2. The third-order valence-electron chi connectivity index (χ3n) is 3.74. The molecule has 2 atom stereocenters. The van der Waals surface area contributed by atoms with Crippen LogP contribution in [0.3, 0.4) is 0 Å². The molecule has 0 amide bonds. The maximum Gasteiger partial charge on any atom is 2.00 e. The second-order valence-corrected chi connectivity index (χ2v) is 6.55. The van der Waals surface area contributed by atoms with Gasteiger partial charge < -0.3 is 33.8 Å². The Bertz CT molecular complexity index is 598. The van der Waals surface area contributed by atoms with E-state index >= 15 is 0 Å². The summed E-state index contributed by atoms with van der Waals surface area (Å²) in [5, 5.41) is 0. The van der Waals surface area contributed by atoms with Gasteiger partial charge in [-0.1, -0.05) is 105 Å². The number of ether oxygens (including phenoxy) is 4. The van der Waals surface area contributed by atoms with Crippen LogP contribution in [0.2, 0.25) is 0 Å². The predicted octanol–water partition coefficient (Wildman–Crippen LogP) is 10.3. The van der Waals surface area contributed by atoms with E-state index in [4.69, 9.17) is 18.9 Å². The maximum absolute atomic E-state index is 5.40. The fourth-order valence-electron chi connectivity index (χ4n) is 1.74. The minimum atomic E-state index is 0. The summed E-state index contributed by atoms with van der Waals surface area (Å²) in [4.78, 5) is 0. The molecule has 2 saturated heterocycles. The van der Waals surface area contributed by atoms with Crippen LogP contribution in [0.1, 0.15) is 69.2 Å². The summed E-state index contributed by atoms with van der Waals surface area (Å²) in [6, 6.07) is 19.6. The van der Waals surface area contributed by atoms with Gasteiger partial charge in [0.1, 0.15) is 36.9 Å². The summed E-state index contributed by atoms with van der Waals surface area (Å²) in [5.41, 5.74) is 0. The summed E-state index contributed by atoms with van der Waals surface area (Å²) in [6.45, 7) is 22.2. The number of allylic oxidation sites excluding steroid dienone is 2. The van der Waals surface area contributed by atoms with Crippen LogP contribution in [0.4, 0.5) is 0 Å². The van der Waals surface area contributed by atoms with Gasteiger partial charge in [0, 0.05) is 0 Å². The molecule has 2 aromatic carbocycles. The van der Waals surface area contributed by atoms with Crippen molar-refractivity contribution in [3.8, 4) is 11.5 Å². The van der Waals surface area contributed by atoms with Crippen molar-refractivity contribution in [3.05, 3.63) is 101 Å². The molecule has 0 bridgehead atoms. The minimum Gasteiger partial charge on any atom is -0.491 e. The molecule has 39 heavy (non-hydrogen) atoms. The number of para-hydroxylation sites is 2. The van der Waals surface area contributed by atoms with Crippen LogP contribution in [-0.2, 0) is 28.0 Å². The molecule has 4 nitrogen and oxygen atoms in total. The Morgan fingerprint density at radius 3 is 1.08 bits per heavy atom. The van der Waals surface area contributed by atoms with Crippen LogP contribution in [0, 0.1) is 14.9 Å². The van der Waals surface area contributed by atoms with Gasteiger partial charge in [-0.2, -0.15) is 0 Å². The summed E-state index contributed by atoms with van der Waals surface area (Å²) >= 11 is 0. The first-order valence-corrected chi connectivity index (χ1v) is 12.5. The van der Waals surface area contributed by atoms with Gasteiger partial charge in [-0.3, -0.25) is 0 Å². The monoisotopic (exact) mass is 585 g/mol. The van der Waals surface area contributed by atoms with E-state index in [-0.39, 0.29) is 48.3 Å². The molecule has 2 aromatic rings. The second kappa shape index (κ2) is 43.1. The minimum absolute atomic E-state index is 0. The van der Waals surface area contributed by atoms with Crippen LogP contribution in [0.15, 0.2) is 86.0 Å². The van der Waals surface area contributed by atoms with Gasteiger partial charge in [-0.15, -0.1) is 13.2 Å². The average Bonchev–Trinajstić information content (AvgIpc) is 3.86. The Kier molecular flexibility index (Phi) is 58.9. The quantitative estimate of drug-likeness (QED) is 0.176. The van der Waals surface area contributed by atoms with E-state index in [0.29, 0.717) is 25.4 Å². The standard InChI is InChI=1S/2C9H10O2.2C4H8.2C2H6.2CH4.2CH3.V/c2*1-2-4-8(5-3-1)10-6-9-7-11-9;2*1-3-4-2;2*1-2;;;;;/h2*1-5,9H,6-7H2;2*3H,1,4H2,2H3;2*1-2H3;2*1H4;2*1H3;/q;;;;;;;;2*-1;+2. The number of rotatable bonds is 8. The van der Waals surface area contributed by atoms with E-state index in [1.54, 1.807) is 0 Å². The summed E-state index contributed by atoms with van der Waals surface area (Å²) in [7, 11) is 0. The smallest absolute Gasteiger partial charge is 0.491 e. The fourth-order valence-corrected chi connectivity index (χ4v) is 1.74. The van der Waals surface area contributed by atoms with Gasteiger partial charge in [-0.05, 0) is 37.1 Å². The third-order valence-corrected chi connectivity index (χ3v) is 3.74. The number of benzene rings is 2. The van der Waals surface area contributed by atoms with Gasteiger partial charge in [0.15, 0.2) is 0 Å². The zero-order valence-electron chi connectivity index (χ0n) is 24.8. The van der Waals surface area contributed by atoms with Gasteiger partial charge >= 0.3 is 18.6 Å². The van der Waals surface area contributed by atoms with Crippen LogP contribution in [-0.4, -0.2) is 38.6 Å². The molecule has 0 aromatic heterocycles. The molecule has 1 radical (unpaired) electrons. The molecule has 4 rings (SSSR count). The normalized spacial score (nSPS) is 13.6. The molecular formula is C34H62O4V. The number of epoxide rings is 2. The summed E-state index contributed by atoms with van der Waals surface area (Å²) in [6.07, 6.45) is 6.60. The van der Waals surface area contributed by atoms with Crippen molar-refractivity contribution < 1.29 is 37.5 Å². The molecule has 2 heterocycles. The Hall–Kier alpha value is -1.98. The molecule has 0 aliphatic carbocycles. The molecular weight excluding hydrogens is 523 g/mol. The molecule has 0 N–H and O–H groups in total. The Balaban J connectivity index is -0.0000000693. The molecule has 0 spiro atoms. The predicted molar refractivity (Wildman–Crippen MR) is 173 cm³/mol. The van der Waals surface area contributed by atoms with E-state index < -0.39 is 0 Å². The summed E-state index contributed by atoms with van der Waals surface area (Å²) < 4.78 is 20.8. The Morgan fingerprint density at radius 2 is 0.897 bits per heavy atom. The van der Waals surface area contributed by atoms with Crippen molar-refractivity contribution in [1.82, 2.24) is 0 Å². The Labute approximate surface area is 257 Å². The topological polar surface area (TPSA) is 43.5 Å². The molecule has 5 heteroatoms. The van der Waals surface area contributed by atoms with E-state index in [1.807, 2.05) is 101 Å². The van der Waals surface area contributed by atoms with Crippen molar-refractivity contribution >= 4 is 0 Å². The van der Waals surface area contributed by atoms with Crippen LogP contribution < -0.4 is 9.47 Å². The number of hydrogen-bond donors (Lipinski definition) is 0. The molecule has 2 aliphatic heterocycles. The summed E-state index contributed by atoms with van der Waals surface area (Å²) in [5.74, 6) is 1.84. The largest absolute Gasteiger partial charge is 2.00 e. The molecule has 0 saturated carbocycles. The Morgan fingerprint density at radius 1 is 0.667 bits per heavy atom. The average molecular weight is 586 g/mol. The first-order valence-electron chi connectivity index (χ1n) is 12.5. The van der Waals surface area contributed by atoms with E-state index in [2.05, 4.69) is 27.0 Å². The third kappa shape index (κ3) is 40.7. The van der Waals surface area contributed by atoms with Gasteiger partial charge in [0.25, 0.3) is 0 Å². The van der Waals surface area contributed by atoms with E-state index in [1.165, 1.54) is 0 Å². The molecule has 227 valence electrons. The SMILES string of the molecule is C.C.C=CCC.C=CCC.CC.CC.[CH3-].[CH3-].[V+2].c1ccc(OCC2CO2)cc1.c1ccc(OCC2CO2)cc1. The zero-order chi connectivity index (χ0) is 25.9. The van der Waals surface area contributed by atoms with E-state index in [0.717, 1.165) is 37.6 Å². The van der Waals surface area contributed by atoms with E-state index in [9.17, 15) is 0 Å². The van der Waals surface area contributed by atoms with Crippen molar-refractivity contribution in [1.29, 1.82) is 0 Å². The maximum atomic E-state index is 5.40. The van der Waals surface area contributed by atoms with Crippen molar-refractivity contribution in [3.63, 3.8) is 0 Å².